The van der Waals surface area contributed by atoms with Crippen molar-refractivity contribution in [2.45, 2.75) is 31.8 Å². The molecule has 2 aromatic heterocycles. The average Bonchev–Trinajstić information content (AvgIpc) is 3.20. The highest BCUT2D eigenvalue weighted by Crippen LogP contribution is 2.30. The van der Waals surface area contributed by atoms with Crippen molar-refractivity contribution in [1.29, 1.82) is 0 Å². The monoisotopic (exact) mass is 433 g/mol. The number of carbonyl (C=O) groups is 1. The van der Waals surface area contributed by atoms with E-state index in [-0.39, 0.29) is 17.9 Å². The second kappa shape index (κ2) is 9.09. The summed E-state index contributed by atoms with van der Waals surface area (Å²) >= 11 is 1.33. The van der Waals surface area contributed by atoms with E-state index < -0.39 is 0 Å². The van der Waals surface area contributed by atoms with Gasteiger partial charge in [-0.2, -0.15) is 15.0 Å². The van der Waals surface area contributed by atoms with Crippen LogP contribution in [0, 0.1) is 5.92 Å². The fourth-order valence-electron chi connectivity index (χ4n) is 3.75. The molecule has 10 nitrogen and oxygen atoms in total. The molecule has 1 saturated carbocycles. The minimum absolute atomic E-state index is 0.0180. The second-order valence-corrected chi connectivity index (χ2v) is 8.79. The van der Waals surface area contributed by atoms with Gasteiger partial charge in [0.05, 0.1) is 24.3 Å². The van der Waals surface area contributed by atoms with Gasteiger partial charge in [0.2, 0.25) is 11.9 Å². The number of hydrogen-bond donors (Lipinski definition) is 1. The molecule has 1 amide bonds. The summed E-state index contributed by atoms with van der Waals surface area (Å²) in [4.78, 5) is 34.5. The fraction of sp³-hybridized carbons (Fsp3) is 0.632. The molecule has 2 N–H and O–H groups in total. The number of morpholine rings is 1. The van der Waals surface area contributed by atoms with E-state index in [0.29, 0.717) is 49.2 Å². The van der Waals surface area contributed by atoms with Crippen LogP contribution < -0.4 is 15.4 Å². The Morgan fingerprint density at radius 2 is 1.93 bits per heavy atom. The molecule has 0 atom stereocenters. The Balaban J connectivity index is 1.51. The van der Waals surface area contributed by atoms with E-state index in [0.717, 1.165) is 30.6 Å². The Hall–Kier alpha value is -2.53. The normalized spacial score (nSPS) is 22.0. The van der Waals surface area contributed by atoms with E-state index in [4.69, 9.17) is 15.2 Å². The van der Waals surface area contributed by atoms with Gasteiger partial charge in [0.15, 0.2) is 11.0 Å². The Morgan fingerprint density at radius 1 is 1.20 bits per heavy atom. The molecule has 2 aromatic rings. The fourth-order valence-corrected chi connectivity index (χ4v) is 4.37. The third-order valence-electron chi connectivity index (χ3n) is 5.38. The Morgan fingerprint density at radius 3 is 2.57 bits per heavy atom. The molecule has 1 saturated heterocycles. The molecule has 2 fully saturated rings. The minimum atomic E-state index is -0.0180. The number of carbonyl (C=O) groups excluding carboxylic acids is 1. The van der Waals surface area contributed by atoms with Crippen LogP contribution in [0.4, 0.5) is 11.1 Å². The largest absolute Gasteiger partial charge is 0.460 e. The van der Waals surface area contributed by atoms with E-state index in [1.165, 1.54) is 11.3 Å². The van der Waals surface area contributed by atoms with Crippen molar-refractivity contribution in [1.82, 2.24) is 24.8 Å². The second-order valence-electron chi connectivity index (χ2n) is 7.73. The number of rotatable bonds is 5. The van der Waals surface area contributed by atoms with Crippen molar-refractivity contribution in [3.05, 3.63) is 6.20 Å². The summed E-state index contributed by atoms with van der Waals surface area (Å²) in [5.41, 5.74) is 5.79. The summed E-state index contributed by atoms with van der Waals surface area (Å²) in [6, 6.07) is 0.302. The predicted octanol–water partition coefficient (Wildman–Crippen LogP) is 1.44. The maximum absolute atomic E-state index is 12.2. The van der Waals surface area contributed by atoms with Crippen molar-refractivity contribution in [2.24, 2.45) is 5.92 Å². The van der Waals surface area contributed by atoms with E-state index in [1.807, 2.05) is 0 Å². The van der Waals surface area contributed by atoms with Gasteiger partial charge in [0.1, 0.15) is 6.10 Å². The summed E-state index contributed by atoms with van der Waals surface area (Å²) in [6.07, 6.45) is 4.86. The van der Waals surface area contributed by atoms with Crippen LogP contribution in [0.1, 0.15) is 25.7 Å². The van der Waals surface area contributed by atoms with Gasteiger partial charge in [-0.1, -0.05) is 11.3 Å². The minimum Gasteiger partial charge on any atom is -0.460 e. The molecular weight excluding hydrogens is 406 g/mol. The van der Waals surface area contributed by atoms with Crippen LogP contribution >= 0.6 is 11.3 Å². The van der Waals surface area contributed by atoms with Gasteiger partial charge in [-0.3, -0.25) is 4.79 Å². The first kappa shape index (κ1) is 20.7. The summed E-state index contributed by atoms with van der Waals surface area (Å²) in [7, 11) is 3.60. The number of hydrogen-bond acceptors (Lipinski definition) is 10. The molecule has 0 spiro atoms. The topological polar surface area (TPSA) is 120 Å². The Kier molecular flexibility index (Phi) is 6.28. The van der Waals surface area contributed by atoms with Gasteiger partial charge in [-0.25, -0.2) is 4.98 Å². The van der Waals surface area contributed by atoms with E-state index in [2.05, 4.69) is 24.8 Å². The molecule has 162 valence electrons. The number of anilines is 2. The molecule has 11 heteroatoms. The van der Waals surface area contributed by atoms with Gasteiger partial charge in [-0.05, 0) is 25.7 Å². The zero-order valence-electron chi connectivity index (χ0n) is 17.3. The summed E-state index contributed by atoms with van der Waals surface area (Å²) in [5, 5.41) is 0.463. The van der Waals surface area contributed by atoms with Crippen molar-refractivity contribution in [3.8, 4) is 16.7 Å². The highest BCUT2D eigenvalue weighted by Gasteiger charge is 2.29. The van der Waals surface area contributed by atoms with Gasteiger partial charge < -0.3 is 25.0 Å². The molecule has 0 radical (unpaired) electrons. The van der Waals surface area contributed by atoms with Crippen LogP contribution in [0.2, 0.25) is 0 Å². The number of nitrogen functional groups attached to an aromatic ring is 1. The van der Waals surface area contributed by atoms with Crippen LogP contribution in [0.15, 0.2) is 6.20 Å². The quantitative estimate of drug-likeness (QED) is 0.747. The highest BCUT2D eigenvalue weighted by atomic mass is 32.1. The van der Waals surface area contributed by atoms with E-state index in [1.54, 1.807) is 25.2 Å². The molecule has 30 heavy (non-hydrogen) atoms. The van der Waals surface area contributed by atoms with Crippen LogP contribution in [-0.4, -0.2) is 77.2 Å². The first-order valence-electron chi connectivity index (χ1n) is 10.2. The molecule has 2 aliphatic rings. The lowest BCUT2D eigenvalue weighted by Crippen LogP contribution is -2.37. The maximum atomic E-state index is 12.2. The number of nitrogens with zero attached hydrogens (tertiary/aromatic N) is 6. The van der Waals surface area contributed by atoms with Crippen LogP contribution in [0.5, 0.6) is 6.01 Å². The smallest absolute Gasteiger partial charge is 0.322 e. The maximum Gasteiger partial charge on any atom is 0.322 e. The van der Waals surface area contributed by atoms with Gasteiger partial charge in [0.25, 0.3) is 0 Å². The molecule has 1 aliphatic carbocycles. The molecule has 3 heterocycles. The summed E-state index contributed by atoms with van der Waals surface area (Å²) < 4.78 is 11.6. The van der Waals surface area contributed by atoms with Gasteiger partial charge in [0, 0.05) is 33.1 Å². The lowest BCUT2D eigenvalue weighted by molar-refractivity contribution is -0.134. The first-order chi connectivity index (χ1) is 14.5. The lowest BCUT2D eigenvalue weighted by atomic mass is 9.86. The Bertz CT molecular complexity index is 877. The molecule has 0 unspecified atom stereocenters. The van der Waals surface area contributed by atoms with Crippen molar-refractivity contribution >= 4 is 28.3 Å². The Labute approximate surface area is 179 Å². The highest BCUT2D eigenvalue weighted by molar-refractivity contribution is 7.18. The van der Waals surface area contributed by atoms with Crippen molar-refractivity contribution in [2.75, 3.05) is 51.0 Å². The van der Waals surface area contributed by atoms with E-state index in [9.17, 15) is 4.79 Å². The van der Waals surface area contributed by atoms with Gasteiger partial charge in [-0.15, -0.1) is 0 Å². The number of aromatic nitrogens is 4. The lowest BCUT2D eigenvalue weighted by Gasteiger charge is -2.30. The van der Waals surface area contributed by atoms with Crippen LogP contribution in [-0.2, 0) is 9.53 Å². The number of ether oxygens (including phenoxy) is 2. The number of amides is 1. The summed E-state index contributed by atoms with van der Waals surface area (Å²) in [6.45, 7) is 2.69. The zero-order valence-corrected chi connectivity index (χ0v) is 18.1. The van der Waals surface area contributed by atoms with Gasteiger partial charge >= 0.3 is 6.01 Å². The average molecular weight is 434 g/mol. The third-order valence-corrected chi connectivity index (χ3v) is 6.20. The SMILES string of the molecule is CN(C)C(=O)C1CCC(Oc2nc(-c3cnc(N)s3)nc(N3CCOCC3)n2)CC1. The number of thiazole rings is 1. The van der Waals surface area contributed by atoms with Crippen LogP contribution in [0.25, 0.3) is 10.7 Å². The van der Waals surface area contributed by atoms with Crippen molar-refractivity contribution in [3.63, 3.8) is 0 Å². The molecular formula is C19H27N7O3S. The third kappa shape index (κ3) is 4.78. The zero-order chi connectivity index (χ0) is 21.1. The first-order valence-corrected chi connectivity index (χ1v) is 11.0. The molecule has 0 aromatic carbocycles. The van der Waals surface area contributed by atoms with Crippen molar-refractivity contribution < 1.29 is 14.3 Å². The standard InChI is InChI=1S/C19H27N7O3S/c1-25(2)16(27)12-3-5-13(6-4-12)29-19-23-15(14-11-21-17(20)30-14)22-18(24-19)26-7-9-28-10-8-26/h11-13H,3-10H2,1-2H3,(H2,20,21). The summed E-state index contributed by atoms with van der Waals surface area (Å²) in [5.74, 6) is 1.33. The van der Waals surface area contributed by atoms with Crippen LogP contribution in [0.3, 0.4) is 0 Å². The molecule has 1 aliphatic heterocycles. The molecule has 4 rings (SSSR count). The van der Waals surface area contributed by atoms with E-state index >= 15 is 0 Å². The predicted molar refractivity (Wildman–Crippen MR) is 113 cm³/mol. The number of nitrogens with two attached hydrogens (primary N) is 1. The molecule has 0 bridgehead atoms.